The van der Waals surface area contributed by atoms with Crippen molar-refractivity contribution in [1.82, 2.24) is 9.55 Å². The first-order valence-electron chi connectivity index (χ1n) is 6.07. The number of alkyl halides is 2. The summed E-state index contributed by atoms with van der Waals surface area (Å²) in [4.78, 5) is 25.5. The van der Waals surface area contributed by atoms with Crippen LogP contribution in [0.5, 0.6) is 11.6 Å². The van der Waals surface area contributed by atoms with Gasteiger partial charge in [0.15, 0.2) is 0 Å². The minimum Gasteiger partial charge on any atom is -0.494 e. The van der Waals surface area contributed by atoms with E-state index in [-0.39, 0.29) is 23.4 Å². The van der Waals surface area contributed by atoms with Crippen LogP contribution in [0.2, 0.25) is 0 Å². The van der Waals surface area contributed by atoms with Crippen LogP contribution in [-0.4, -0.2) is 21.3 Å². The standard InChI is InChI=1S/C13H12F2N2O4/c1-2-7-10(18)16-13(20)17(11(7)19)8-5-3-4-6-9(8)21-12(14)15/h3-6,12,19H,2H2,1H3,(H,16,18,20). The number of aromatic nitrogens is 2. The van der Waals surface area contributed by atoms with Crippen molar-refractivity contribution in [2.24, 2.45) is 0 Å². The van der Waals surface area contributed by atoms with Crippen LogP contribution in [0.3, 0.4) is 0 Å². The molecule has 2 aromatic rings. The van der Waals surface area contributed by atoms with Crippen LogP contribution in [0.15, 0.2) is 33.9 Å². The molecule has 0 saturated heterocycles. The fraction of sp³-hybridized carbons (Fsp3) is 0.231. The van der Waals surface area contributed by atoms with E-state index in [1.165, 1.54) is 24.3 Å². The van der Waals surface area contributed by atoms with E-state index in [2.05, 4.69) is 4.74 Å². The van der Waals surface area contributed by atoms with E-state index in [0.717, 1.165) is 4.57 Å². The third kappa shape index (κ3) is 2.78. The molecule has 0 fully saturated rings. The molecule has 112 valence electrons. The monoisotopic (exact) mass is 298 g/mol. The molecule has 0 atom stereocenters. The van der Waals surface area contributed by atoms with Gasteiger partial charge in [0.1, 0.15) is 5.75 Å². The molecule has 2 N–H and O–H groups in total. The average Bonchev–Trinajstić information content (AvgIpc) is 2.40. The second-order valence-electron chi connectivity index (χ2n) is 4.10. The Bertz CT molecular complexity index is 767. The Morgan fingerprint density at radius 3 is 2.62 bits per heavy atom. The molecule has 0 saturated carbocycles. The first kappa shape index (κ1) is 14.8. The quantitative estimate of drug-likeness (QED) is 0.893. The SMILES string of the molecule is CCc1c(O)n(-c2ccccc2OC(F)F)c(=O)[nH]c1=O. The number of ether oxygens (including phenoxy) is 1. The maximum atomic E-state index is 12.4. The number of rotatable bonds is 4. The van der Waals surface area contributed by atoms with Gasteiger partial charge in [-0.15, -0.1) is 0 Å². The summed E-state index contributed by atoms with van der Waals surface area (Å²) in [5, 5.41) is 10.1. The highest BCUT2D eigenvalue weighted by molar-refractivity contribution is 5.49. The van der Waals surface area contributed by atoms with Crippen LogP contribution in [0.1, 0.15) is 12.5 Å². The van der Waals surface area contributed by atoms with Crippen LogP contribution < -0.4 is 16.0 Å². The summed E-state index contributed by atoms with van der Waals surface area (Å²) >= 11 is 0. The van der Waals surface area contributed by atoms with Crippen LogP contribution in [0.4, 0.5) is 8.78 Å². The number of nitrogens with zero attached hydrogens (tertiary/aromatic N) is 1. The number of benzene rings is 1. The van der Waals surface area contributed by atoms with E-state index in [0.29, 0.717) is 0 Å². The lowest BCUT2D eigenvalue weighted by Gasteiger charge is -2.14. The number of halogens is 2. The van der Waals surface area contributed by atoms with Crippen LogP contribution in [-0.2, 0) is 6.42 Å². The average molecular weight is 298 g/mol. The minimum absolute atomic E-state index is 0.0264. The van der Waals surface area contributed by atoms with Crippen molar-refractivity contribution in [2.75, 3.05) is 0 Å². The first-order valence-corrected chi connectivity index (χ1v) is 6.07. The van der Waals surface area contributed by atoms with Gasteiger partial charge in [-0.1, -0.05) is 19.1 Å². The van der Waals surface area contributed by atoms with E-state index in [1.54, 1.807) is 6.92 Å². The third-order valence-corrected chi connectivity index (χ3v) is 2.86. The second-order valence-corrected chi connectivity index (χ2v) is 4.10. The van der Waals surface area contributed by atoms with E-state index in [9.17, 15) is 23.5 Å². The molecule has 1 aromatic heterocycles. The lowest BCUT2D eigenvalue weighted by Crippen LogP contribution is -2.31. The molecule has 6 nitrogen and oxygen atoms in total. The Morgan fingerprint density at radius 2 is 2.00 bits per heavy atom. The van der Waals surface area contributed by atoms with Gasteiger partial charge >= 0.3 is 12.3 Å². The first-order chi connectivity index (χ1) is 9.95. The lowest BCUT2D eigenvalue weighted by atomic mass is 10.2. The molecular weight excluding hydrogens is 286 g/mol. The number of nitrogens with one attached hydrogen (secondary N) is 1. The Balaban J connectivity index is 2.74. The highest BCUT2D eigenvalue weighted by Gasteiger charge is 2.18. The largest absolute Gasteiger partial charge is 0.494 e. The highest BCUT2D eigenvalue weighted by Crippen LogP contribution is 2.26. The molecule has 1 aromatic carbocycles. The van der Waals surface area contributed by atoms with Gasteiger partial charge in [0.25, 0.3) is 5.56 Å². The zero-order valence-electron chi connectivity index (χ0n) is 11.0. The molecule has 0 amide bonds. The number of para-hydroxylation sites is 2. The number of aromatic hydroxyl groups is 1. The van der Waals surface area contributed by atoms with Crippen LogP contribution in [0, 0.1) is 0 Å². The summed E-state index contributed by atoms with van der Waals surface area (Å²) in [6, 6.07) is 5.46. The summed E-state index contributed by atoms with van der Waals surface area (Å²) in [5.74, 6) is -0.893. The number of aromatic amines is 1. The number of hydrogen-bond donors (Lipinski definition) is 2. The molecule has 2 rings (SSSR count). The van der Waals surface area contributed by atoms with Crippen molar-refractivity contribution in [1.29, 1.82) is 0 Å². The van der Waals surface area contributed by atoms with Gasteiger partial charge in [-0.05, 0) is 18.6 Å². The molecule has 0 bridgehead atoms. The molecule has 1 heterocycles. The van der Waals surface area contributed by atoms with Crippen molar-refractivity contribution in [2.45, 2.75) is 20.0 Å². The van der Waals surface area contributed by atoms with Gasteiger partial charge < -0.3 is 9.84 Å². The van der Waals surface area contributed by atoms with Crippen molar-refractivity contribution in [3.8, 4) is 17.3 Å². The zero-order valence-corrected chi connectivity index (χ0v) is 11.0. The summed E-state index contributed by atoms with van der Waals surface area (Å²) < 4.78 is 29.8. The Hall–Kier alpha value is -2.64. The predicted molar refractivity (Wildman–Crippen MR) is 70.3 cm³/mol. The van der Waals surface area contributed by atoms with Gasteiger partial charge in [-0.25, -0.2) is 9.36 Å². The summed E-state index contributed by atoms with van der Waals surface area (Å²) in [6.07, 6.45) is 0.166. The molecule has 0 radical (unpaired) electrons. The molecule has 0 aliphatic carbocycles. The van der Waals surface area contributed by atoms with E-state index in [4.69, 9.17) is 0 Å². The fourth-order valence-corrected chi connectivity index (χ4v) is 1.94. The summed E-state index contributed by atoms with van der Waals surface area (Å²) in [7, 11) is 0. The molecule has 8 heteroatoms. The zero-order chi connectivity index (χ0) is 15.6. The lowest BCUT2D eigenvalue weighted by molar-refractivity contribution is -0.0499. The van der Waals surface area contributed by atoms with E-state index < -0.39 is 23.7 Å². The second kappa shape index (κ2) is 5.78. The minimum atomic E-state index is -3.09. The molecule has 0 aliphatic heterocycles. The number of H-pyrrole nitrogens is 1. The van der Waals surface area contributed by atoms with E-state index in [1.807, 2.05) is 4.98 Å². The van der Waals surface area contributed by atoms with Crippen LogP contribution >= 0.6 is 0 Å². The molecule has 21 heavy (non-hydrogen) atoms. The van der Waals surface area contributed by atoms with Crippen LogP contribution in [0.25, 0.3) is 5.69 Å². The predicted octanol–water partition coefficient (Wildman–Crippen LogP) is 1.40. The molecule has 0 aliphatic rings. The Labute approximate surface area is 117 Å². The Morgan fingerprint density at radius 1 is 1.33 bits per heavy atom. The molecular formula is C13H12F2N2O4. The molecule has 0 unspecified atom stereocenters. The summed E-state index contributed by atoms with van der Waals surface area (Å²) in [5.41, 5.74) is -1.78. The smallest absolute Gasteiger partial charge is 0.387 e. The van der Waals surface area contributed by atoms with Gasteiger partial charge in [0.2, 0.25) is 5.88 Å². The third-order valence-electron chi connectivity index (χ3n) is 2.86. The number of hydrogen-bond acceptors (Lipinski definition) is 4. The maximum Gasteiger partial charge on any atom is 0.387 e. The van der Waals surface area contributed by atoms with Crippen molar-refractivity contribution < 1.29 is 18.6 Å². The van der Waals surface area contributed by atoms with Crippen molar-refractivity contribution in [3.63, 3.8) is 0 Å². The van der Waals surface area contributed by atoms with E-state index >= 15 is 0 Å². The van der Waals surface area contributed by atoms with Crippen molar-refractivity contribution >= 4 is 0 Å². The fourth-order valence-electron chi connectivity index (χ4n) is 1.94. The van der Waals surface area contributed by atoms with Gasteiger partial charge in [0, 0.05) is 0 Å². The van der Waals surface area contributed by atoms with Gasteiger partial charge in [-0.3, -0.25) is 9.78 Å². The summed E-state index contributed by atoms with van der Waals surface area (Å²) in [6.45, 7) is -1.47. The van der Waals surface area contributed by atoms with Gasteiger partial charge in [-0.2, -0.15) is 8.78 Å². The van der Waals surface area contributed by atoms with Gasteiger partial charge in [0.05, 0.1) is 11.3 Å². The topological polar surface area (TPSA) is 84.3 Å². The normalized spacial score (nSPS) is 10.9. The maximum absolute atomic E-state index is 12.4. The highest BCUT2D eigenvalue weighted by atomic mass is 19.3. The van der Waals surface area contributed by atoms with Crippen molar-refractivity contribution in [3.05, 3.63) is 50.7 Å². The Kier molecular flexibility index (Phi) is 4.06. The molecule has 0 spiro atoms.